The highest BCUT2D eigenvalue weighted by Gasteiger charge is 2.07. The second kappa shape index (κ2) is 9.92. The summed E-state index contributed by atoms with van der Waals surface area (Å²) in [5.41, 5.74) is 2.33. The van der Waals surface area contributed by atoms with Crippen molar-refractivity contribution in [3.05, 3.63) is 42.0 Å². The first-order chi connectivity index (χ1) is 9.30. The number of ether oxygens (including phenoxy) is 2. The molecule has 1 aromatic carbocycles. The lowest BCUT2D eigenvalue weighted by Gasteiger charge is -2.16. The van der Waals surface area contributed by atoms with Gasteiger partial charge in [-0.25, -0.2) is 0 Å². The minimum absolute atomic E-state index is 0.0928. The van der Waals surface area contributed by atoms with Crippen molar-refractivity contribution in [2.75, 3.05) is 13.2 Å². The number of hydrogen-bond acceptors (Lipinski definition) is 3. The van der Waals surface area contributed by atoms with Gasteiger partial charge in [0.25, 0.3) is 0 Å². The second-order valence-corrected chi connectivity index (χ2v) is 5.52. The Labute approximate surface area is 118 Å². The Kier molecular flexibility index (Phi) is 8.41. The average molecular weight is 280 g/mol. The molecule has 0 aliphatic carbocycles. The first kappa shape index (κ1) is 16.1. The van der Waals surface area contributed by atoms with E-state index in [-0.39, 0.29) is 6.29 Å². The van der Waals surface area contributed by atoms with Gasteiger partial charge < -0.3 is 13.9 Å². The lowest BCUT2D eigenvalue weighted by Crippen LogP contribution is -2.20. The molecule has 0 unspecified atom stereocenters. The third-order valence-electron chi connectivity index (χ3n) is 2.69. The van der Waals surface area contributed by atoms with Crippen LogP contribution in [-0.4, -0.2) is 29.3 Å². The Balaban J connectivity index is 2.23. The van der Waals surface area contributed by atoms with Crippen LogP contribution in [0.5, 0.6) is 0 Å². The van der Waals surface area contributed by atoms with Gasteiger partial charge >= 0.3 is 0 Å². The number of benzene rings is 1. The number of rotatable bonds is 10. The highest BCUT2D eigenvalue weighted by atomic mass is 28.2. The molecule has 1 rings (SSSR count). The summed E-state index contributed by atoms with van der Waals surface area (Å²) in [7, 11) is -0.606. The number of hydrogen-bond donors (Lipinski definition) is 0. The first-order valence-electron chi connectivity index (χ1n) is 6.82. The molecule has 0 radical (unpaired) electrons. The molecule has 0 N–H and O–H groups in total. The summed E-state index contributed by atoms with van der Waals surface area (Å²) in [6, 6.07) is 9.15. The minimum atomic E-state index is -0.606. The molecule has 0 heterocycles. The van der Waals surface area contributed by atoms with E-state index in [1.54, 1.807) is 0 Å². The van der Waals surface area contributed by atoms with Crippen molar-refractivity contribution in [1.29, 1.82) is 0 Å². The van der Waals surface area contributed by atoms with Crippen molar-refractivity contribution < 1.29 is 13.9 Å². The van der Waals surface area contributed by atoms with Gasteiger partial charge in [-0.3, -0.25) is 0 Å². The molecule has 0 bridgehead atoms. The van der Waals surface area contributed by atoms with Crippen LogP contribution in [0.15, 0.2) is 30.8 Å². The van der Waals surface area contributed by atoms with Gasteiger partial charge in [-0.05, 0) is 25.0 Å². The lowest BCUT2D eigenvalue weighted by atomic mass is 10.1. The Morgan fingerprint density at radius 1 is 1.16 bits per heavy atom. The van der Waals surface area contributed by atoms with Gasteiger partial charge in [0, 0.05) is 19.3 Å². The molecular formula is C15H24O3Si. The SMILES string of the molecule is C=Cc1ccc(CO[SiH2]CC(OCC)OCC)cc1. The van der Waals surface area contributed by atoms with Gasteiger partial charge in [0.15, 0.2) is 16.1 Å². The van der Waals surface area contributed by atoms with Crippen molar-refractivity contribution in [3.63, 3.8) is 0 Å². The van der Waals surface area contributed by atoms with E-state index < -0.39 is 9.76 Å². The zero-order valence-electron chi connectivity index (χ0n) is 11.9. The predicted molar refractivity (Wildman–Crippen MR) is 81.7 cm³/mol. The van der Waals surface area contributed by atoms with Crippen LogP contribution in [0, 0.1) is 0 Å². The summed E-state index contributed by atoms with van der Waals surface area (Å²) in [5.74, 6) is 0. The summed E-state index contributed by atoms with van der Waals surface area (Å²) in [4.78, 5) is 0. The minimum Gasteiger partial charge on any atom is -0.420 e. The summed E-state index contributed by atoms with van der Waals surface area (Å²) in [6.07, 6.45) is 1.75. The van der Waals surface area contributed by atoms with Crippen LogP contribution in [-0.2, 0) is 20.5 Å². The maximum atomic E-state index is 5.77. The predicted octanol–water partition coefficient (Wildman–Crippen LogP) is 2.75. The molecule has 0 amide bonds. The van der Waals surface area contributed by atoms with Crippen LogP contribution >= 0.6 is 0 Å². The van der Waals surface area contributed by atoms with Crippen LogP contribution in [0.25, 0.3) is 6.08 Å². The summed E-state index contributed by atoms with van der Waals surface area (Å²) < 4.78 is 16.7. The Morgan fingerprint density at radius 3 is 2.32 bits per heavy atom. The molecular weight excluding hydrogens is 256 g/mol. The molecule has 0 aliphatic rings. The zero-order valence-corrected chi connectivity index (χ0v) is 13.3. The fourth-order valence-corrected chi connectivity index (χ4v) is 2.78. The van der Waals surface area contributed by atoms with Crippen LogP contribution in [0.4, 0.5) is 0 Å². The Morgan fingerprint density at radius 2 is 1.79 bits per heavy atom. The Hall–Kier alpha value is -0.943. The molecule has 3 nitrogen and oxygen atoms in total. The highest BCUT2D eigenvalue weighted by molar-refractivity contribution is 6.27. The van der Waals surface area contributed by atoms with Gasteiger partial charge in [-0.2, -0.15) is 0 Å². The highest BCUT2D eigenvalue weighted by Crippen LogP contribution is 2.07. The molecule has 106 valence electrons. The normalized spacial score (nSPS) is 11.5. The third kappa shape index (κ3) is 6.68. The average Bonchev–Trinajstić information content (AvgIpc) is 2.44. The molecule has 0 atom stereocenters. The van der Waals surface area contributed by atoms with Crippen LogP contribution < -0.4 is 0 Å². The summed E-state index contributed by atoms with van der Waals surface area (Å²) in [6.45, 7) is 9.74. The van der Waals surface area contributed by atoms with E-state index in [4.69, 9.17) is 13.9 Å². The van der Waals surface area contributed by atoms with E-state index in [1.165, 1.54) is 5.56 Å². The quantitative estimate of drug-likeness (QED) is 0.375. The van der Waals surface area contributed by atoms with E-state index in [0.29, 0.717) is 19.8 Å². The van der Waals surface area contributed by atoms with E-state index in [2.05, 4.69) is 30.8 Å². The lowest BCUT2D eigenvalue weighted by molar-refractivity contribution is -0.124. The van der Waals surface area contributed by atoms with Crippen molar-refractivity contribution in [1.82, 2.24) is 0 Å². The summed E-state index contributed by atoms with van der Waals surface area (Å²) in [5, 5.41) is 0. The first-order valence-corrected chi connectivity index (χ1v) is 8.40. The maximum Gasteiger partial charge on any atom is 0.167 e. The summed E-state index contributed by atoms with van der Waals surface area (Å²) >= 11 is 0. The largest absolute Gasteiger partial charge is 0.420 e. The van der Waals surface area contributed by atoms with Crippen LogP contribution in [0.2, 0.25) is 6.04 Å². The van der Waals surface area contributed by atoms with Gasteiger partial charge in [-0.15, -0.1) is 0 Å². The third-order valence-corrected chi connectivity index (χ3v) is 3.89. The van der Waals surface area contributed by atoms with Crippen molar-refractivity contribution >= 4 is 15.8 Å². The monoisotopic (exact) mass is 280 g/mol. The zero-order chi connectivity index (χ0) is 13.9. The van der Waals surface area contributed by atoms with E-state index in [0.717, 1.165) is 11.6 Å². The molecule has 0 aromatic heterocycles. The van der Waals surface area contributed by atoms with Gasteiger partial charge in [0.05, 0.1) is 6.61 Å². The van der Waals surface area contributed by atoms with Gasteiger partial charge in [0.2, 0.25) is 0 Å². The van der Waals surface area contributed by atoms with Crippen molar-refractivity contribution in [2.24, 2.45) is 0 Å². The molecule has 1 aromatic rings. The van der Waals surface area contributed by atoms with Crippen LogP contribution in [0.3, 0.4) is 0 Å². The fourth-order valence-electron chi connectivity index (χ4n) is 1.71. The molecule has 0 fully saturated rings. The molecule has 0 spiro atoms. The molecule has 0 saturated carbocycles. The maximum absolute atomic E-state index is 5.77. The fraction of sp³-hybridized carbons (Fsp3) is 0.467. The Bertz CT molecular complexity index is 345. The van der Waals surface area contributed by atoms with Crippen molar-refractivity contribution in [3.8, 4) is 0 Å². The van der Waals surface area contributed by atoms with E-state index >= 15 is 0 Å². The smallest absolute Gasteiger partial charge is 0.167 e. The molecule has 0 saturated heterocycles. The van der Waals surface area contributed by atoms with E-state index in [1.807, 2.05) is 19.9 Å². The molecule has 0 aliphatic heterocycles. The van der Waals surface area contributed by atoms with Gasteiger partial charge in [-0.1, -0.05) is 36.9 Å². The molecule has 4 heteroatoms. The molecule has 19 heavy (non-hydrogen) atoms. The van der Waals surface area contributed by atoms with Crippen molar-refractivity contribution in [2.45, 2.75) is 32.8 Å². The van der Waals surface area contributed by atoms with E-state index in [9.17, 15) is 0 Å². The topological polar surface area (TPSA) is 27.7 Å². The van der Waals surface area contributed by atoms with Gasteiger partial charge in [0.1, 0.15) is 0 Å². The second-order valence-electron chi connectivity index (χ2n) is 4.13. The van der Waals surface area contributed by atoms with Crippen LogP contribution in [0.1, 0.15) is 25.0 Å². The standard InChI is InChI=1S/C15H24O3Si/c1-4-13-7-9-14(10-8-13)11-18-19-12-15(16-5-2)17-6-3/h4,7-10,15H,1,5-6,11-12,19H2,2-3H3.